The Morgan fingerprint density at radius 1 is 1.04 bits per heavy atom. The van der Waals surface area contributed by atoms with Gasteiger partial charge in [0, 0.05) is 32.7 Å². The Labute approximate surface area is 166 Å². The van der Waals surface area contributed by atoms with E-state index < -0.39 is 6.03 Å². The Bertz CT molecular complexity index is 781. The highest BCUT2D eigenvalue weighted by molar-refractivity contribution is 9.11. The summed E-state index contributed by atoms with van der Waals surface area (Å²) in [4.78, 5) is 24.4. The van der Waals surface area contributed by atoms with Crippen LogP contribution in [-0.4, -0.2) is 25.0 Å². The zero-order valence-corrected chi connectivity index (χ0v) is 16.8. The largest absolute Gasteiger partial charge is 0.351 e. The van der Waals surface area contributed by atoms with Crippen LogP contribution in [0.1, 0.15) is 10.4 Å². The van der Waals surface area contributed by atoms with Gasteiger partial charge in [0.2, 0.25) is 0 Å². The van der Waals surface area contributed by atoms with Gasteiger partial charge in [-0.25, -0.2) is 4.79 Å². The maximum absolute atomic E-state index is 12.3. The van der Waals surface area contributed by atoms with Crippen LogP contribution in [0.15, 0.2) is 45.3 Å². The van der Waals surface area contributed by atoms with Crippen molar-refractivity contribution in [3.8, 4) is 0 Å². The van der Waals surface area contributed by atoms with Gasteiger partial charge in [0.25, 0.3) is 5.91 Å². The minimum atomic E-state index is -0.500. The molecule has 0 unspecified atom stereocenters. The van der Waals surface area contributed by atoms with Crippen molar-refractivity contribution in [2.24, 2.45) is 5.73 Å². The highest BCUT2D eigenvalue weighted by atomic mass is 79.9. The lowest BCUT2D eigenvalue weighted by atomic mass is 10.1. The van der Waals surface area contributed by atoms with E-state index in [4.69, 9.17) is 17.3 Å². The zero-order valence-electron chi connectivity index (χ0n) is 12.9. The topological polar surface area (TPSA) is 96.2 Å². The van der Waals surface area contributed by atoms with Gasteiger partial charge in [-0.3, -0.25) is 4.79 Å². The van der Waals surface area contributed by atoms with E-state index in [2.05, 4.69) is 47.8 Å². The van der Waals surface area contributed by atoms with E-state index in [1.165, 1.54) is 6.07 Å². The Morgan fingerprint density at radius 3 is 2.36 bits per heavy atom. The van der Waals surface area contributed by atoms with Crippen molar-refractivity contribution >= 4 is 66.8 Å². The Balaban J connectivity index is 2.16. The summed E-state index contributed by atoms with van der Waals surface area (Å²) >= 11 is 12.7. The number of amides is 3. The van der Waals surface area contributed by atoms with Crippen LogP contribution < -0.4 is 21.7 Å². The van der Waals surface area contributed by atoms with Crippen molar-refractivity contribution in [2.45, 2.75) is 0 Å². The number of carbonyl (C=O) groups excluding carboxylic acids is 2. The third-order valence-corrected chi connectivity index (χ3v) is 4.18. The van der Waals surface area contributed by atoms with Gasteiger partial charge in [-0.2, -0.15) is 0 Å². The quantitative estimate of drug-likeness (QED) is 0.506. The van der Waals surface area contributed by atoms with Gasteiger partial charge in [0.05, 0.1) is 11.3 Å². The molecular weight excluding hydrogens is 475 g/mol. The molecule has 0 fully saturated rings. The molecule has 0 bridgehead atoms. The molecule has 0 atom stereocenters. The first-order valence-electron chi connectivity index (χ1n) is 7.21. The maximum Gasteiger partial charge on any atom is 0.323 e. The molecular formula is C16H15Br2ClN4O2. The predicted molar refractivity (Wildman–Crippen MR) is 107 cm³/mol. The second-order valence-corrected chi connectivity index (χ2v) is 7.24. The summed E-state index contributed by atoms with van der Waals surface area (Å²) in [7, 11) is 0. The van der Waals surface area contributed by atoms with Crippen LogP contribution in [0.5, 0.6) is 0 Å². The van der Waals surface area contributed by atoms with Crippen LogP contribution in [-0.2, 0) is 0 Å². The second kappa shape index (κ2) is 9.19. The number of halogens is 3. The molecule has 3 amide bonds. The zero-order chi connectivity index (χ0) is 18.4. The first-order chi connectivity index (χ1) is 11.9. The van der Waals surface area contributed by atoms with Gasteiger partial charge in [0.15, 0.2) is 0 Å². The molecule has 0 aliphatic heterocycles. The minimum absolute atomic E-state index is 0.295. The van der Waals surface area contributed by atoms with E-state index in [1.807, 2.05) is 6.07 Å². The van der Waals surface area contributed by atoms with Gasteiger partial charge in [-0.1, -0.05) is 43.5 Å². The van der Waals surface area contributed by atoms with Gasteiger partial charge < -0.3 is 21.7 Å². The van der Waals surface area contributed by atoms with Crippen LogP contribution in [0.25, 0.3) is 0 Å². The third-order valence-electron chi connectivity index (χ3n) is 3.02. The molecule has 0 aromatic heterocycles. The van der Waals surface area contributed by atoms with Crippen LogP contribution in [0.4, 0.5) is 16.2 Å². The van der Waals surface area contributed by atoms with Crippen molar-refractivity contribution in [3.05, 3.63) is 55.9 Å². The monoisotopic (exact) mass is 488 g/mol. The summed E-state index contributed by atoms with van der Waals surface area (Å²) in [5.41, 5.74) is 6.56. The number of anilines is 2. The fourth-order valence-electron chi connectivity index (χ4n) is 2.01. The average Bonchev–Trinajstić information content (AvgIpc) is 2.51. The van der Waals surface area contributed by atoms with Crippen molar-refractivity contribution in [1.29, 1.82) is 0 Å². The molecule has 0 aliphatic carbocycles. The van der Waals surface area contributed by atoms with Crippen LogP contribution in [0.3, 0.4) is 0 Å². The van der Waals surface area contributed by atoms with E-state index in [0.29, 0.717) is 35.1 Å². The fraction of sp³-hybridized carbons (Fsp3) is 0.125. The molecule has 0 radical (unpaired) electrons. The number of carbonyl (C=O) groups is 2. The number of nitrogens with two attached hydrogens (primary N) is 1. The molecule has 5 N–H and O–H groups in total. The van der Waals surface area contributed by atoms with E-state index in [9.17, 15) is 9.59 Å². The summed E-state index contributed by atoms with van der Waals surface area (Å²) in [5.74, 6) is -0.345. The molecule has 0 aliphatic rings. The number of hydrogen-bond donors (Lipinski definition) is 4. The molecule has 6 nitrogen and oxygen atoms in total. The molecule has 2 aromatic carbocycles. The summed E-state index contributed by atoms with van der Waals surface area (Å²) in [6.07, 6.45) is 0. The Morgan fingerprint density at radius 2 is 1.72 bits per heavy atom. The molecule has 0 heterocycles. The molecule has 0 saturated heterocycles. The van der Waals surface area contributed by atoms with Crippen LogP contribution in [0, 0.1) is 0 Å². The molecule has 25 heavy (non-hydrogen) atoms. The smallest absolute Gasteiger partial charge is 0.323 e. The SMILES string of the molecule is NCCNC(=O)c1ccc(Cl)cc1NC(=O)Nc1cc(Br)cc(Br)c1. The maximum atomic E-state index is 12.3. The number of hydrogen-bond acceptors (Lipinski definition) is 3. The summed E-state index contributed by atoms with van der Waals surface area (Å²) in [6, 6.07) is 9.47. The van der Waals surface area contributed by atoms with Gasteiger partial charge >= 0.3 is 6.03 Å². The molecule has 2 rings (SSSR count). The number of nitrogens with one attached hydrogen (secondary N) is 3. The number of benzene rings is 2. The van der Waals surface area contributed by atoms with Crippen molar-refractivity contribution < 1.29 is 9.59 Å². The highest BCUT2D eigenvalue weighted by Crippen LogP contribution is 2.24. The minimum Gasteiger partial charge on any atom is -0.351 e. The summed E-state index contributed by atoms with van der Waals surface area (Å²) in [5, 5.41) is 8.39. The van der Waals surface area contributed by atoms with E-state index in [1.54, 1.807) is 24.3 Å². The third kappa shape index (κ3) is 6.00. The molecule has 132 valence electrons. The first-order valence-corrected chi connectivity index (χ1v) is 9.17. The van der Waals surface area contributed by atoms with Crippen molar-refractivity contribution in [3.63, 3.8) is 0 Å². The number of rotatable bonds is 5. The Kier molecular flexibility index (Phi) is 7.24. The van der Waals surface area contributed by atoms with E-state index in [-0.39, 0.29) is 5.91 Å². The molecule has 9 heteroatoms. The normalized spacial score (nSPS) is 10.2. The summed E-state index contributed by atoms with van der Waals surface area (Å²) < 4.78 is 1.61. The van der Waals surface area contributed by atoms with Crippen LogP contribution >= 0.6 is 43.5 Å². The summed E-state index contributed by atoms with van der Waals surface area (Å²) in [6.45, 7) is 0.652. The second-order valence-electron chi connectivity index (χ2n) is 4.97. The lowest BCUT2D eigenvalue weighted by Gasteiger charge is -2.13. The predicted octanol–water partition coefficient (Wildman–Crippen LogP) is 4.20. The van der Waals surface area contributed by atoms with Gasteiger partial charge in [-0.15, -0.1) is 0 Å². The van der Waals surface area contributed by atoms with E-state index >= 15 is 0 Å². The number of urea groups is 1. The highest BCUT2D eigenvalue weighted by Gasteiger charge is 2.14. The lowest BCUT2D eigenvalue weighted by molar-refractivity contribution is 0.0955. The fourth-order valence-corrected chi connectivity index (χ4v) is 3.48. The van der Waals surface area contributed by atoms with E-state index in [0.717, 1.165) is 8.95 Å². The first kappa shape index (κ1) is 19.7. The molecule has 0 spiro atoms. The molecule has 2 aromatic rings. The standard InChI is InChI=1S/C16H15Br2ClN4O2/c17-9-5-10(18)7-12(6-9)22-16(25)23-14-8-11(19)1-2-13(14)15(24)21-4-3-20/h1-2,5-8H,3-4,20H2,(H,21,24)(H2,22,23,25). The van der Waals surface area contributed by atoms with Crippen molar-refractivity contribution in [1.82, 2.24) is 5.32 Å². The lowest BCUT2D eigenvalue weighted by Crippen LogP contribution is -2.30. The average molecular weight is 491 g/mol. The Hall–Kier alpha value is -1.61. The van der Waals surface area contributed by atoms with Crippen LogP contribution in [0.2, 0.25) is 5.02 Å². The van der Waals surface area contributed by atoms with Gasteiger partial charge in [-0.05, 0) is 36.4 Å². The van der Waals surface area contributed by atoms with Crippen molar-refractivity contribution in [2.75, 3.05) is 23.7 Å². The molecule has 0 saturated carbocycles. The van der Waals surface area contributed by atoms with Gasteiger partial charge in [0.1, 0.15) is 0 Å².